The first kappa shape index (κ1) is 16.1. The van der Waals surface area contributed by atoms with E-state index in [1.54, 1.807) is 36.4 Å². The summed E-state index contributed by atoms with van der Waals surface area (Å²) in [5, 5.41) is 9.19. The van der Waals surface area contributed by atoms with E-state index < -0.39 is 5.97 Å². The Balaban J connectivity index is 1.66. The van der Waals surface area contributed by atoms with Crippen LogP contribution in [0.2, 0.25) is 5.02 Å². The van der Waals surface area contributed by atoms with Gasteiger partial charge in [-0.1, -0.05) is 23.7 Å². The molecule has 3 rings (SSSR count). The molecule has 0 bridgehead atoms. The zero-order valence-corrected chi connectivity index (χ0v) is 13.4. The average Bonchev–Trinajstić information content (AvgIpc) is 2.96. The number of hydrogen-bond donors (Lipinski definition) is 1. The van der Waals surface area contributed by atoms with Crippen molar-refractivity contribution < 1.29 is 19.1 Å². The molecule has 5 nitrogen and oxygen atoms in total. The van der Waals surface area contributed by atoms with Gasteiger partial charge in [0.25, 0.3) is 0 Å². The van der Waals surface area contributed by atoms with Gasteiger partial charge in [0.05, 0.1) is 13.0 Å². The van der Waals surface area contributed by atoms with Gasteiger partial charge in [-0.05, 0) is 42.0 Å². The molecule has 0 aliphatic carbocycles. The van der Waals surface area contributed by atoms with E-state index >= 15 is 0 Å². The molecule has 3 aromatic rings. The van der Waals surface area contributed by atoms with Gasteiger partial charge in [0.2, 0.25) is 5.89 Å². The smallest absolute Gasteiger partial charge is 0.306 e. The van der Waals surface area contributed by atoms with Gasteiger partial charge in [0, 0.05) is 11.1 Å². The number of oxazole rings is 1. The molecule has 0 aliphatic rings. The molecule has 0 saturated carbocycles. The molecule has 122 valence electrons. The third-order valence-corrected chi connectivity index (χ3v) is 3.48. The summed E-state index contributed by atoms with van der Waals surface area (Å²) in [6, 6.07) is 12.6. The van der Waals surface area contributed by atoms with Gasteiger partial charge in [-0.2, -0.15) is 0 Å². The fourth-order valence-electron chi connectivity index (χ4n) is 2.09. The van der Waals surface area contributed by atoms with Gasteiger partial charge in [-0.25, -0.2) is 4.98 Å². The van der Waals surface area contributed by atoms with Crippen LogP contribution in [0.25, 0.3) is 23.3 Å². The summed E-state index contributed by atoms with van der Waals surface area (Å²) in [7, 11) is 0. The van der Waals surface area contributed by atoms with E-state index in [0.717, 1.165) is 5.56 Å². The Bertz CT molecular complexity index is 884. The van der Waals surface area contributed by atoms with E-state index in [1.807, 2.05) is 18.2 Å². The Morgan fingerprint density at radius 1 is 1.21 bits per heavy atom. The number of carboxylic acid groups (broad SMARTS) is 1. The summed E-state index contributed by atoms with van der Waals surface area (Å²) in [4.78, 5) is 14.8. The van der Waals surface area contributed by atoms with Crippen LogP contribution in [0, 0.1) is 0 Å². The molecule has 0 aliphatic heterocycles. The van der Waals surface area contributed by atoms with Crippen LogP contribution in [0.3, 0.4) is 0 Å². The van der Waals surface area contributed by atoms with E-state index in [2.05, 4.69) is 4.98 Å². The van der Waals surface area contributed by atoms with Crippen LogP contribution in [-0.2, 0) is 4.79 Å². The predicted molar refractivity (Wildman–Crippen MR) is 92.1 cm³/mol. The summed E-state index contributed by atoms with van der Waals surface area (Å²) < 4.78 is 10.9. The first-order chi connectivity index (χ1) is 11.6. The SMILES string of the molecule is O=C(O)CCOc1ccc(/C=C/c2nc3cc(Cl)ccc3o2)cc1. The molecule has 0 spiro atoms. The minimum atomic E-state index is -0.880. The fraction of sp³-hybridized carbons (Fsp3) is 0.111. The molecule has 24 heavy (non-hydrogen) atoms. The van der Waals surface area contributed by atoms with Crippen molar-refractivity contribution in [3.05, 3.63) is 58.9 Å². The van der Waals surface area contributed by atoms with Gasteiger partial charge >= 0.3 is 5.97 Å². The molecule has 1 N–H and O–H groups in total. The van der Waals surface area contributed by atoms with Crippen LogP contribution < -0.4 is 4.74 Å². The number of benzene rings is 2. The number of carboxylic acids is 1. The molecular formula is C18H14ClNO4. The lowest BCUT2D eigenvalue weighted by molar-refractivity contribution is -0.137. The largest absolute Gasteiger partial charge is 0.493 e. The van der Waals surface area contributed by atoms with Gasteiger partial charge < -0.3 is 14.3 Å². The molecule has 6 heteroatoms. The van der Waals surface area contributed by atoms with Crippen molar-refractivity contribution >= 4 is 40.8 Å². The highest BCUT2D eigenvalue weighted by Crippen LogP contribution is 2.21. The number of nitrogens with zero attached hydrogens (tertiary/aromatic N) is 1. The van der Waals surface area contributed by atoms with Crippen molar-refractivity contribution in [1.82, 2.24) is 4.98 Å². The summed E-state index contributed by atoms with van der Waals surface area (Å²) in [5.41, 5.74) is 2.34. The van der Waals surface area contributed by atoms with E-state index in [0.29, 0.717) is 27.8 Å². The molecule has 0 amide bonds. The third kappa shape index (κ3) is 4.14. The Kier molecular flexibility index (Phi) is 4.82. The minimum Gasteiger partial charge on any atom is -0.493 e. The van der Waals surface area contributed by atoms with Crippen LogP contribution in [0.1, 0.15) is 17.9 Å². The van der Waals surface area contributed by atoms with Crippen molar-refractivity contribution in [3.8, 4) is 5.75 Å². The molecule has 1 aromatic heterocycles. The molecule has 0 unspecified atom stereocenters. The maximum Gasteiger partial charge on any atom is 0.306 e. The van der Waals surface area contributed by atoms with Crippen molar-refractivity contribution in [3.63, 3.8) is 0 Å². The predicted octanol–water partition coefficient (Wildman–Crippen LogP) is 4.51. The summed E-state index contributed by atoms with van der Waals surface area (Å²) in [6.45, 7) is 0.149. The first-order valence-electron chi connectivity index (χ1n) is 7.29. The highest BCUT2D eigenvalue weighted by molar-refractivity contribution is 6.31. The number of carbonyl (C=O) groups is 1. The molecule has 1 heterocycles. The average molecular weight is 344 g/mol. The summed E-state index contributed by atoms with van der Waals surface area (Å²) in [5.74, 6) is 0.244. The molecule has 0 radical (unpaired) electrons. The Hall–Kier alpha value is -2.79. The maximum absolute atomic E-state index is 10.4. The standard InChI is InChI=1S/C18H14ClNO4/c19-13-4-7-16-15(11-13)20-17(24-16)8-3-12-1-5-14(6-2-12)23-10-9-18(21)22/h1-8,11H,9-10H2,(H,21,22)/b8-3+. The zero-order valence-electron chi connectivity index (χ0n) is 12.6. The number of hydrogen-bond acceptors (Lipinski definition) is 4. The topological polar surface area (TPSA) is 72.6 Å². The highest BCUT2D eigenvalue weighted by atomic mass is 35.5. The van der Waals surface area contributed by atoms with Crippen LogP contribution in [-0.4, -0.2) is 22.7 Å². The highest BCUT2D eigenvalue weighted by Gasteiger charge is 2.03. The van der Waals surface area contributed by atoms with Crippen LogP contribution >= 0.6 is 11.6 Å². The second kappa shape index (κ2) is 7.19. The number of ether oxygens (including phenoxy) is 1. The Labute approximate surface area is 143 Å². The monoisotopic (exact) mass is 343 g/mol. The van der Waals surface area contributed by atoms with E-state index in [-0.39, 0.29) is 13.0 Å². The Morgan fingerprint density at radius 3 is 2.75 bits per heavy atom. The number of aliphatic carboxylic acids is 1. The Morgan fingerprint density at radius 2 is 2.00 bits per heavy atom. The molecule has 0 saturated heterocycles. The number of aromatic nitrogens is 1. The first-order valence-corrected chi connectivity index (χ1v) is 7.67. The lowest BCUT2D eigenvalue weighted by Crippen LogP contribution is -2.04. The number of rotatable bonds is 6. The van der Waals surface area contributed by atoms with Gasteiger partial charge in [-0.15, -0.1) is 0 Å². The number of fused-ring (bicyclic) bond motifs is 1. The fourth-order valence-corrected chi connectivity index (χ4v) is 2.25. The lowest BCUT2D eigenvalue weighted by atomic mass is 10.2. The van der Waals surface area contributed by atoms with Crippen LogP contribution in [0.15, 0.2) is 46.9 Å². The molecule has 0 atom stereocenters. The second-order valence-electron chi connectivity index (χ2n) is 5.06. The zero-order chi connectivity index (χ0) is 16.9. The molecular weight excluding hydrogens is 330 g/mol. The van der Waals surface area contributed by atoms with Crippen molar-refractivity contribution in [2.45, 2.75) is 6.42 Å². The lowest BCUT2D eigenvalue weighted by Gasteiger charge is -2.04. The van der Waals surface area contributed by atoms with E-state index in [9.17, 15) is 4.79 Å². The molecule has 2 aromatic carbocycles. The van der Waals surface area contributed by atoms with Gasteiger partial charge in [0.15, 0.2) is 5.58 Å². The van der Waals surface area contributed by atoms with Crippen molar-refractivity contribution in [1.29, 1.82) is 0 Å². The van der Waals surface area contributed by atoms with E-state index in [1.165, 1.54) is 0 Å². The molecule has 0 fully saturated rings. The summed E-state index contributed by atoms with van der Waals surface area (Å²) >= 11 is 5.93. The normalized spacial score (nSPS) is 11.2. The number of halogens is 1. The third-order valence-electron chi connectivity index (χ3n) is 3.25. The van der Waals surface area contributed by atoms with Crippen LogP contribution in [0.5, 0.6) is 5.75 Å². The summed E-state index contributed by atoms with van der Waals surface area (Å²) in [6.07, 6.45) is 3.62. The van der Waals surface area contributed by atoms with Crippen molar-refractivity contribution in [2.24, 2.45) is 0 Å². The van der Waals surface area contributed by atoms with Gasteiger partial charge in [-0.3, -0.25) is 4.79 Å². The second-order valence-corrected chi connectivity index (χ2v) is 5.50. The van der Waals surface area contributed by atoms with E-state index in [4.69, 9.17) is 25.9 Å². The maximum atomic E-state index is 10.4. The van der Waals surface area contributed by atoms with Crippen molar-refractivity contribution in [2.75, 3.05) is 6.61 Å². The van der Waals surface area contributed by atoms with Gasteiger partial charge in [0.1, 0.15) is 11.3 Å². The van der Waals surface area contributed by atoms with Crippen LogP contribution in [0.4, 0.5) is 0 Å². The quantitative estimate of drug-likeness (QED) is 0.713. The minimum absolute atomic E-state index is 0.0244.